The van der Waals surface area contributed by atoms with E-state index < -0.39 is 17.8 Å². The van der Waals surface area contributed by atoms with Crippen molar-refractivity contribution in [2.75, 3.05) is 7.11 Å². The molecule has 2 aromatic rings. The first-order chi connectivity index (χ1) is 13.5. The van der Waals surface area contributed by atoms with Crippen LogP contribution in [0.2, 0.25) is 5.02 Å². The normalized spacial score (nSPS) is 16.6. The second-order valence-corrected chi connectivity index (χ2v) is 7.16. The second-order valence-electron chi connectivity index (χ2n) is 5.72. The van der Waals surface area contributed by atoms with Crippen molar-refractivity contribution in [3.63, 3.8) is 0 Å². The predicted octanol–water partition coefficient (Wildman–Crippen LogP) is 3.67. The average molecular weight is 415 g/mol. The zero-order chi connectivity index (χ0) is 20.1. The van der Waals surface area contributed by atoms with Crippen molar-refractivity contribution < 1.29 is 19.1 Å². The van der Waals surface area contributed by atoms with Crippen molar-refractivity contribution in [3.05, 3.63) is 81.7 Å². The molecule has 2 aromatic carbocycles. The van der Waals surface area contributed by atoms with Gasteiger partial charge in [0.05, 0.1) is 18.6 Å². The summed E-state index contributed by atoms with van der Waals surface area (Å²) in [5.41, 5.74) is 1.21. The number of hydrogen-bond donors (Lipinski definition) is 0. The minimum Gasteiger partial charge on any atom is -0.466 e. The van der Waals surface area contributed by atoms with E-state index in [0.717, 1.165) is 23.4 Å². The van der Waals surface area contributed by atoms with Gasteiger partial charge in [0.1, 0.15) is 0 Å². The highest BCUT2D eigenvalue weighted by atomic mass is 35.5. The molecule has 6 nitrogen and oxygen atoms in total. The van der Waals surface area contributed by atoms with Gasteiger partial charge in [-0.15, -0.1) is 0 Å². The Bertz CT molecular complexity index is 971. The predicted molar refractivity (Wildman–Crippen MR) is 108 cm³/mol. The maximum Gasteiger partial charge on any atom is 0.331 e. The van der Waals surface area contributed by atoms with Crippen molar-refractivity contribution in [1.29, 1.82) is 0 Å². The average Bonchev–Trinajstić information content (AvgIpc) is 2.98. The standard InChI is InChI=1S/C20H15ClN2O4S/c1-27-17(24)11-16-19(26)23(12-13-5-3-2-4-6-13)20(28-16)22-18(25)14-7-9-15(21)10-8-14/h2-11H,12H2,1H3/b16-11-,22-20?. The van der Waals surface area contributed by atoms with Gasteiger partial charge in [-0.1, -0.05) is 41.9 Å². The molecule has 3 rings (SSSR count). The third-order valence-corrected chi connectivity index (χ3v) is 5.07. The molecule has 1 fully saturated rings. The van der Waals surface area contributed by atoms with Gasteiger partial charge in [0.25, 0.3) is 11.8 Å². The second kappa shape index (κ2) is 8.86. The summed E-state index contributed by atoms with van der Waals surface area (Å²) in [5, 5.41) is 0.701. The summed E-state index contributed by atoms with van der Waals surface area (Å²) >= 11 is 6.80. The topological polar surface area (TPSA) is 76.0 Å². The molecule has 0 N–H and O–H groups in total. The lowest BCUT2D eigenvalue weighted by Crippen LogP contribution is -2.29. The Morgan fingerprint density at radius 2 is 1.82 bits per heavy atom. The van der Waals surface area contributed by atoms with Gasteiger partial charge in [0.15, 0.2) is 5.17 Å². The number of carbonyl (C=O) groups is 3. The Morgan fingerprint density at radius 3 is 2.46 bits per heavy atom. The molecule has 0 aliphatic carbocycles. The molecule has 1 aliphatic rings. The van der Waals surface area contributed by atoms with Crippen LogP contribution in [0.1, 0.15) is 15.9 Å². The highest BCUT2D eigenvalue weighted by Gasteiger charge is 2.34. The van der Waals surface area contributed by atoms with Crippen molar-refractivity contribution in [3.8, 4) is 0 Å². The fraction of sp³-hybridized carbons (Fsp3) is 0.100. The van der Waals surface area contributed by atoms with Crippen LogP contribution in [0.3, 0.4) is 0 Å². The van der Waals surface area contributed by atoms with Crippen LogP contribution in [-0.2, 0) is 20.9 Å². The lowest BCUT2D eigenvalue weighted by atomic mass is 10.2. The molecule has 0 radical (unpaired) electrons. The molecule has 0 atom stereocenters. The summed E-state index contributed by atoms with van der Waals surface area (Å²) in [6.45, 7) is 0.220. The summed E-state index contributed by atoms with van der Waals surface area (Å²) in [5.74, 6) is -1.58. The number of hydrogen-bond acceptors (Lipinski definition) is 5. The number of amidine groups is 1. The zero-order valence-electron chi connectivity index (χ0n) is 14.8. The molecule has 1 heterocycles. The SMILES string of the molecule is COC(=O)/C=C1\SC(=NC(=O)c2ccc(Cl)cc2)N(Cc2ccccc2)C1=O. The van der Waals surface area contributed by atoms with E-state index in [-0.39, 0.29) is 16.6 Å². The molecule has 1 aliphatic heterocycles. The fourth-order valence-electron chi connectivity index (χ4n) is 2.41. The smallest absolute Gasteiger partial charge is 0.331 e. The first-order valence-electron chi connectivity index (χ1n) is 8.20. The van der Waals surface area contributed by atoms with E-state index >= 15 is 0 Å². The fourth-order valence-corrected chi connectivity index (χ4v) is 3.47. The Labute approximate surface area is 170 Å². The number of ether oxygens (including phenoxy) is 1. The number of esters is 1. The molecule has 0 saturated carbocycles. The van der Waals surface area contributed by atoms with Gasteiger partial charge in [-0.25, -0.2) is 4.79 Å². The van der Waals surface area contributed by atoms with Crippen LogP contribution in [0.15, 0.2) is 70.6 Å². The van der Waals surface area contributed by atoms with E-state index in [1.54, 1.807) is 24.3 Å². The van der Waals surface area contributed by atoms with E-state index in [1.165, 1.54) is 12.0 Å². The van der Waals surface area contributed by atoms with E-state index in [9.17, 15) is 14.4 Å². The zero-order valence-corrected chi connectivity index (χ0v) is 16.4. The molecule has 0 unspecified atom stereocenters. The maximum absolute atomic E-state index is 12.8. The first-order valence-corrected chi connectivity index (χ1v) is 9.39. The minimum absolute atomic E-state index is 0.144. The molecule has 2 amide bonds. The van der Waals surface area contributed by atoms with Crippen LogP contribution < -0.4 is 0 Å². The Hall–Kier alpha value is -2.90. The van der Waals surface area contributed by atoms with Crippen molar-refractivity contribution in [1.82, 2.24) is 4.90 Å². The van der Waals surface area contributed by atoms with Crippen LogP contribution in [0, 0.1) is 0 Å². The molecular weight excluding hydrogens is 400 g/mol. The monoisotopic (exact) mass is 414 g/mol. The molecule has 142 valence electrons. The molecule has 1 saturated heterocycles. The quantitative estimate of drug-likeness (QED) is 0.563. The van der Waals surface area contributed by atoms with E-state index in [0.29, 0.717) is 10.6 Å². The lowest BCUT2D eigenvalue weighted by molar-refractivity contribution is -0.135. The summed E-state index contributed by atoms with van der Waals surface area (Å²) in [4.78, 5) is 42.4. The van der Waals surface area contributed by atoms with Gasteiger partial charge in [-0.3, -0.25) is 14.5 Å². The Morgan fingerprint density at radius 1 is 1.14 bits per heavy atom. The highest BCUT2D eigenvalue weighted by Crippen LogP contribution is 2.32. The molecule has 28 heavy (non-hydrogen) atoms. The third kappa shape index (κ3) is 4.68. The number of carbonyl (C=O) groups excluding carboxylic acids is 3. The Balaban J connectivity index is 1.93. The van der Waals surface area contributed by atoms with Crippen LogP contribution in [-0.4, -0.2) is 35.0 Å². The number of amides is 2. The van der Waals surface area contributed by atoms with Crippen LogP contribution in [0.25, 0.3) is 0 Å². The van der Waals surface area contributed by atoms with E-state index in [1.807, 2.05) is 30.3 Å². The van der Waals surface area contributed by atoms with Crippen LogP contribution in [0.5, 0.6) is 0 Å². The number of thioether (sulfide) groups is 1. The molecule has 0 bridgehead atoms. The molecule has 8 heteroatoms. The van der Waals surface area contributed by atoms with Gasteiger partial charge in [0.2, 0.25) is 0 Å². The number of methoxy groups -OCH3 is 1. The van der Waals surface area contributed by atoms with Gasteiger partial charge < -0.3 is 4.74 Å². The van der Waals surface area contributed by atoms with Crippen LogP contribution in [0.4, 0.5) is 0 Å². The van der Waals surface area contributed by atoms with E-state index in [4.69, 9.17) is 11.6 Å². The summed E-state index contributed by atoms with van der Waals surface area (Å²) in [6, 6.07) is 15.6. The third-order valence-electron chi connectivity index (χ3n) is 3.81. The summed E-state index contributed by atoms with van der Waals surface area (Å²) < 4.78 is 4.59. The van der Waals surface area contributed by atoms with Gasteiger partial charge in [-0.2, -0.15) is 4.99 Å². The number of rotatable bonds is 4. The van der Waals surface area contributed by atoms with Gasteiger partial charge >= 0.3 is 5.97 Å². The minimum atomic E-state index is -0.652. The number of benzene rings is 2. The van der Waals surface area contributed by atoms with Crippen molar-refractivity contribution in [2.45, 2.75) is 6.54 Å². The van der Waals surface area contributed by atoms with Gasteiger partial charge in [-0.05, 0) is 41.6 Å². The summed E-state index contributed by atoms with van der Waals surface area (Å²) in [7, 11) is 1.23. The number of aliphatic imine (C=N–C) groups is 1. The molecule has 0 spiro atoms. The molecule has 0 aromatic heterocycles. The number of nitrogens with zero attached hydrogens (tertiary/aromatic N) is 2. The van der Waals surface area contributed by atoms with Gasteiger partial charge in [0, 0.05) is 16.7 Å². The highest BCUT2D eigenvalue weighted by molar-refractivity contribution is 8.18. The van der Waals surface area contributed by atoms with E-state index in [2.05, 4.69) is 9.73 Å². The lowest BCUT2D eigenvalue weighted by Gasteiger charge is -2.15. The maximum atomic E-state index is 12.8. The Kier molecular flexibility index (Phi) is 6.28. The number of halogens is 1. The van der Waals surface area contributed by atoms with Crippen molar-refractivity contribution >= 4 is 46.3 Å². The van der Waals surface area contributed by atoms with Crippen molar-refractivity contribution in [2.24, 2.45) is 4.99 Å². The molecular formula is C20H15ClN2O4S. The largest absolute Gasteiger partial charge is 0.466 e. The van der Waals surface area contributed by atoms with Crippen LogP contribution >= 0.6 is 23.4 Å². The first kappa shape index (κ1) is 19.9. The summed E-state index contributed by atoms with van der Waals surface area (Å²) in [6.07, 6.45) is 1.10.